The lowest BCUT2D eigenvalue weighted by molar-refractivity contribution is 0.808. The van der Waals surface area contributed by atoms with Crippen molar-refractivity contribution in [1.82, 2.24) is 14.5 Å². The van der Waals surface area contributed by atoms with E-state index in [1.54, 1.807) is 11.3 Å². The molecule has 3 aromatic heterocycles. The molecule has 5 heteroatoms. The summed E-state index contributed by atoms with van der Waals surface area (Å²) >= 11 is 7.14. The third-order valence-corrected chi connectivity index (χ3v) is 4.35. The van der Waals surface area contributed by atoms with E-state index in [9.17, 15) is 0 Å². The van der Waals surface area contributed by atoms with E-state index in [2.05, 4.69) is 39.0 Å². The van der Waals surface area contributed by atoms with Gasteiger partial charge in [0.15, 0.2) is 10.4 Å². The topological polar surface area (TPSA) is 33.6 Å². The molecule has 3 aromatic rings. The zero-order valence-electron chi connectivity index (χ0n) is 10.2. The minimum absolute atomic E-state index is 0.732. The average Bonchev–Trinajstić information content (AvgIpc) is 2.85. The number of thiophene rings is 1. The Hall–Kier alpha value is -1.46. The summed E-state index contributed by atoms with van der Waals surface area (Å²) in [5.41, 5.74) is 4.38. The van der Waals surface area contributed by atoms with Crippen LogP contribution in [0, 0.1) is 18.6 Å². The first-order valence-corrected chi connectivity index (χ1v) is 7.02. The van der Waals surface area contributed by atoms with Crippen molar-refractivity contribution < 1.29 is 0 Å². The molecule has 0 saturated heterocycles. The molecule has 0 fully saturated rings. The first-order chi connectivity index (χ1) is 8.65. The highest BCUT2D eigenvalue weighted by molar-refractivity contribution is 7.71. The fourth-order valence-corrected chi connectivity index (χ4v) is 3.16. The number of aromatic nitrogens is 3. The molecule has 1 N–H and O–H groups in total. The monoisotopic (exact) mass is 275 g/mol. The van der Waals surface area contributed by atoms with Gasteiger partial charge in [0.05, 0.1) is 12.1 Å². The molecule has 3 rings (SSSR count). The van der Waals surface area contributed by atoms with Gasteiger partial charge in [0.1, 0.15) is 0 Å². The third-order valence-electron chi connectivity index (χ3n) is 3.02. The SMILES string of the molecule is Cc1cnc2c(c1)[nH]c(=S)n2Cc1sccc1C. The third kappa shape index (κ3) is 1.89. The zero-order valence-corrected chi connectivity index (χ0v) is 11.9. The molecule has 0 radical (unpaired) electrons. The molecule has 0 amide bonds. The van der Waals surface area contributed by atoms with E-state index >= 15 is 0 Å². The number of rotatable bonds is 2. The van der Waals surface area contributed by atoms with Gasteiger partial charge in [-0.2, -0.15) is 0 Å². The highest BCUT2D eigenvalue weighted by atomic mass is 32.1. The van der Waals surface area contributed by atoms with Gasteiger partial charge in [-0.05, 0) is 54.7 Å². The molecule has 0 atom stereocenters. The smallest absolute Gasteiger partial charge is 0.179 e. The zero-order chi connectivity index (χ0) is 12.7. The summed E-state index contributed by atoms with van der Waals surface area (Å²) in [6, 6.07) is 4.21. The maximum atomic E-state index is 5.38. The molecule has 0 aromatic carbocycles. The van der Waals surface area contributed by atoms with Gasteiger partial charge in [-0.3, -0.25) is 4.57 Å². The maximum Gasteiger partial charge on any atom is 0.179 e. The van der Waals surface area contributed by atoms with E-state index in [0.29, 0.717) is 0 Å². The van der Waals surface area contributed by atoms with E-state index in [1.165, 1.54) is 10.4 Å². The van der Waals surface area contributed by atoms with Gasteiger partial charge < -0.3 is 4.98 Å². The molecule has 0 aliphatic heterocycles. The summed E-state index contributed by atoms with van der Waals surface area (Å²) in [7, 11) is 0. The summed E-state index contributed by atoms with van der Waals surface area (Å²) in [5.74, 6) is 0. The van der Waals surface area contributed by atoms with Crippen molar-refractivity contribution >= 4 is 34.7 Å². The van der Waals surface area contributed by atoms with Crippen LogP contribution in [0.1, 0.15) is 16.0 Å². The number of hydrogen-bond donors (Lipinski definition) is 1. The minimum Gasteiger partial charge on any atom is -0.329 e. The van der Waals surface area contributed by atoms with E-state index < -0.39 is 0 Å². The molecule has 3 heterocycles. The number of H-pyrrole nitrogens is 1. The van der Waals surface area contributed by atoms with Crippen molar-refractivity contribution in [3.05, 3.63) is 44.5 Å². The molecule has 0 spiro atoms. The van der Waals surface area contributed by atoms with Crippen LogP contribution in [-0.4, -0.2) is 14.5 Å². The van der Waals surface area contributed by atoms with Crippen LogP contribution in [-0.2, 0) is 6.54 Å². The second kappa shape index (κ2) is 4.33. The van der Waals surface area contributed by atoms with Gasteiger partial charge in [-0.25, -0.2) is 4.98 Å². The Bertz CT molecular complexity index is 764. The average molecular weight is 275 g/mol. The molecule has 0 saturated carbocycles. The minimum atomic E-state index is 0.732. The predicted octanol–water partition coefficient (Wildman–Crippen LogP) is 3.82. The van der Waals surface area contributed by atoms with E-state index in [0.717, 1.165) is 28.0 Å². The lowest BCUT2D eigenvalue weighted by atomic mass is 10.3. The van der Waals surface area contributed by atoms with Crippen molar-refractivity contribution in [3.63, 3.8) is 0 Å². The standard InChI is InChI=1S/C13H13N3S2/c1-8-5-10-12(14-6-8)16(13(17)15-10)7-11-9(2)3-4-18-11/h3-6H,7H2,1-2H3,(H,15,17). The lowest BCUT2D eigenvalue weighted by Crippen LogP contribution is -2.00. The van der Waals surface area contributed by atoms with Gasteiger partial charge in [0.2, 0.25) is 0 Å². The number of nitrogens with zero attached hydrogens (tertiary/aromatic N) is 2. The second-order valence-corrected chi connectivity index (χ2v) is 5.81. The number of aryl methyl sites for hydroxylation is 2. The van der Waals surface area contributed by atoms with E-state index in [1.807, 2.05) is 13.1 Å². The molecule has 92 valence electrons. The summed E-state index contributed by atoms with van der Waals surface area (Å²) in [6.45, 7) is 4.95. The van der Waals surface area contributed by atoms with Gasteiger partial charge in [0, 0.05) is 11.1 Å². The van der Waals surface area contributed by atoms with Crippen molar-refractivity contribution in [2.75, 3.05) is 0 Å². The molecule has 0 aliphatic carbocycles. The summed E-state index contributed by atoms with van der Waals surface area (Å²) in [4.78, 5) is 9.03. The number of pyridine rings is 1. The number of aromatic amines is 1. The van der Waals surface area contributed by atoms with Crippen LogP contribution < -0.4 is 0 Å². The van der Waals surface area contributed by atoms with Crippen LogP contribution in [0.3, 0.4) is 0 Å². The van der Waals surface area contributed by atoms with Crippen LogP contribution in [0.5, 0.6) is 0 Å². The summed E-state index contributed by atoms with van der Waals surface area (Å²) in [5, 5.41) is 2.11. The fourth-order valence-electron chi connectivity index (χ4n) is 2.00. The summed E-state index contributed by atoms with van der Waals surface area (Å²) in [6.07, 6.45) is 1.88. The Morgan fingerprint density at radius 3 is 3.00 bits per heavy atom. The number of fused-ring (bicyclic) bond motifs is 1. The van der Waals surface area contributed by atoms with Crippen LogP contribution in [0.25, 0.3) is 11.2 Å². The second-order valence-electron chi connectivity index (χ2n) is 4.43. The lowest BCUT2D eigenvalue weighted by Gasteiger charge is -2.03. The van der Waals surface area contributed by atoms with Gasteiger partial charge in [-0.15, -0.1) is 11.3 Å². The van der Waals surface area contributed by atoms with Crippen molar-refractivity contribution in [2.45, 2.75) is 20.4 Å². The van der Waals surface area contributed by atoms with Crippen molar-refractivity contribution in [2.24, 2.45) is 0 Å². The predicted molar refractivity (Wildman–Crippen MR) is 77.8 cm³/mol. The Kier molecular flexibility index (Phi) is 2.80. The van der Waals surface area contributed by atoms with Crippen molar-refractivity contribution in [3.8, 4) is 0 Å². The molecular formula is C13H13N3S2. The molecule has 18 heavy (non-hydrogen) atoms. The molecule has 0 bridgehead atoms. The van der Waals surface area contributed by atoms with Gasteiger partial charge >= 0.3 is 0 Å². The number of hydrogen-bond acceptors (Lipinski definition) is 3. The maximum absolute atomic E-state index is 5.38. The highest BCUT2D eigenvalue weighted by Crippen LogP contribution is 2.20. The van der Waals surface area contributed by atoms with Gasteiger partial charge in [0.25, 0.3) is 0 Å². The number of imidazole rings is 1. The van der Waals surface area contributed by atoms with Crippen molar-refractivity contribution in [1.29, 1.82) is 0 Å². The molecule has 0 aliphatic rings. The Morgan fingerprint density at radius 1 is 1.44 bits per heavy atom. The molecular weight excluding hydrogens is 262 g/mol. The van der Waals surface area contributed by atoms with Crippen LogP contribution in [0.4, 0.5) is 0 Å². The van der Waals surface area contributed by atoms with Crippen LogP contribution in [0.2, 0.25) is 0 Å². The summed E-state index contributed by atoms with van der Waals surface area (Å²) < 4.78 is 2.79. The van der Waals surface area contributed by atoms with Crippen LogP contribution >= 0.6 is 23.6 Å². The van der Waals surface area contributed by atoms with Gasteiger partial charge in [-0.1, -0.05) is 0 Å². The highest BCUT2D eigenvalue weighted by Gasteiger charge is 2.08. The quantitative estimate of drug-likeness (QED) is 0.721. The first-order valence-electron chi connectivity index (χ1n) is 5.73. The Labute approximate surface area is 114 Å². The molecule has 0 unspecified atom stereocenters. The number of nitrogens with one attached hydrogen (secondary N) is 1. The fraction of sp³-hybridized carbons (Fsp3) is 0.231. The largest absolute Gasteiger partial charge is 0.329 e. The molecule has 3 nitrogen and oxygen atoms in total. The Balaban J connectivity index is 2.15. The first kappa shape index (κ1) is 11.6. The van der Waals surface area contributed by atoms with Crippen LogP contribution in [0.15, 0.2) is 23.7 Å². The van der Waals surface area contributed by atoms with E-state index in [-0.39, 0.29) is 0 Å². The normalized spacial score (nSPS) is 11.2. The Morgan fingerprint density at radius 2 is 2.28 bits per heavy atom. The van der Waals surface area contributed by atoms with E-state index in [4.69, 9.17) is 12.2 Å².